The number of hydrogen-bond donors (Lipinski definition) is 5. The molecule has 3 saturated heterocycles. The first kappa shape index (κ1) is 62.1. The number of oxime groups is 1. The monoisotopic (exact) mass is 1050 g/mol. The van der Waals surface area contributed by atoms with Gasteiger partial charge >= 0.3 is 18.0 Å². The largest absolute Gasteiger partial charge is 0.459 e. The van der Waals surface area contributed by atoms with Crippen LogP contribution in [0.4, 0.5) is 4.79 Å². The Morgan fingerprint density at radius 3 is 2.11 bits per heavy atom. The Hall–Kier alpha value is -2.72. The number of amides is 1. The highest BCUT2D eigenvalue weighted by Gasteiger charge is 2.55. The number of carbonyl (C=O) groups excluding carboxylic acids is 3. The van der Waals surface area contributed by atoms with Gasteiger partial charge in [0.25, 0.3) is 0 Å². The zero-order chi connectivity index (χ0) is 54.7. The number of esters is 2. The van der Waals surface area contributed by atoms with Crippen molar-refractivity contribution in [1.29, 1.82) is 0 Å². The van der Waals surface area contributed by atoms with Crippen LogP contribution >= 0.6 is 0 Å². The van der Waals surface area contributed by atoms with E-state index in [1.807, 2.05) is 39.8 Å². The molecule has 3 heterocycles. The normalized spacial score (nSPS) is 41.2. The maximum atomic E-state index is 14.8. The third-order valence-electron chi connectivity index (χ3n) is 17.1. The molecule has 2 saturated carbocycles. The van der Waals surface area contributed by atoms with Gasteiger partial charge in [-0.25, -0.2) is 10.2 Å². The fourth-order valence-electron chi connectivity index (χ4n) is 12.7. The van der Waals surface area contributed by atoms with Gasteiger partial charge in [-0.1, -0.05) is 84.2 Å². The number of carbonyl (C=O) groups is 3. The Morgan fingerprint density at radius 2 is 1.50 bits per heavy atom. The molecule has 74 heavy (non-hydrogen) atoms. The van der Waals surface area contributed by atoms with E-state index in [0.717, 1.165) is 44.9 Å². The number of methoxy groups -OCH3 is 1. The second-order valence-corrected chi connectivity index (χ2v) is 23.6. The van der Waals surface area contributed by atoms with E-state index in [0.29, 0.717) is 24.7 Å². The number of ether oxygens (including phenoxy) is 8. The van der Waals surface area contributed by atoms with E-state index in [4.69, 9.17) is 47.9 Å². The predicted molar refractivity (Wildman–Crippen MR) is 277 cm³/mol. The molecule has 0 aromatic carbocycles. The van der Waals surface area contributed by atoms with Gasteiger partial charge in [-0.2, -0.15) is 0 Å². The van der Waals surface area contributed by atoms with Crippen molar-refractivity contribution in [3.63, 3.8) is 0 Å². The molecule has 5 N–H and O–H groups in total. The molecule has 0 aromatic rings. The Balaban J connectivity index is 1.59. The van der Waals surface area contributed by atoms with Crippen molar-refractivity contribution in [1.82, 2.24) is 15.8 Å². The SMILES string of the molecule is CC[C@H]1OC(=O)[C@H](C)[C@@H](O[C@H]2C[C@@](C)(OC)[C@@H](OC(C)=O)[C@H](C)O2)[C@H](C)[C@@H](O[C@@H]2O[C@H](C)C[C@H](N(C)C)[C@H]2OC(=O)NNC2CCCCC2)C(C)(O)C[C@@H](C)/C(=N\OCCCC2CCCCC2)[C@H](C)[C@@H](O)[C@]1(C)O. The summed E-state index contributed by atoms with van der Waals surface area (Å²) in [6.45, 7) is 19.1. The van der Waals surface area contributed by atoms with Gasteiger partial charge in [0.1, 0.15) is 23.9 Å². The van der Waals surface area contributed by atoms with Crippen LogP contribution in [0.15, 0.2) is 5.16 Å². The predicted octanol–water partition coefficient (Wildman–Crippen LogP) is 7.09. The number of aliphatic hydroxyl groups is 3. The van der Waals surface area contributed by atoms with Crippen LogP contribution in [-0.4, -0.2) is 162 Å². The van der Waals surface area contributed by atoms with Gasteiger partial charge in [0.05, 0.1) is 53.8 Å². The molecule has 19 nitrogen and oxygen atoms in total. The number of nitrogens with zero attached hydrogens (tertiary/aromatic N) is 2. The van der Waals surface area contributed by atoms with E-state index in [1.54, 1.807) is 41.5 Å². The molecule has 5 fully saturated rings. The van der Waals surface area contributed by atoms with E-state index in [1.165, 1.54) is 53.1 Å². The molecule has 0 bridgehead atoms. The molecule has 0 radical (unpaired) electrons. The number of cyclic esters (lactones) is 1. The van der Waals surface area contributed by atoms with Gasteiger partial charge in [0.2, 0.25) is 0 Å². The van der Waals surface area contributed by atoms with E-state index in [2.05, 4.69) is 10.9 Å². The average Bonchev–Trinajstić information content (AvgIpc) is 3.35. The minimum atomic E-state index is -1.97. The Kier molecular flexibility index (Phi) is 23.3. The van der Waals surface area contributed by atoms with Crippen molar-refractivity contribution in [2.75, 3.05) is 27.8 Å². The van der Waals surface area contributed by atoms with Crippen LogP contribution in [0.5, 0.6) is 0 Å². The number of nitrogens with one attached hydrogen (secondary N) is 2. The Morgan fingerprint density at radius 1 is 0.851 bits per heavy atom. The summed E-state index contributed by atoms with van der Waals surface area (Å²) >= 11 is 0. The van der Waals surface area contributed by atoms with Crippen molar-refractivity contribution < 1.29 is 72.4 Å². The average molecular weight is 1060 g/mol. The molecule has 0 aromatic heterocycles. The molecule has 5 rings (SSSR count). The van der Waals surface area contributed by atoms with Crippen LogP contribution < -0.4 is 10.9 Å². The van der Waals surface area contributed by atoms with Gasteiger partial charge in [0.15, 0.2) is 24.8 Å². The van der Waals surface area contributed by atoms with E-state index in [9.17, 15) is 29.7 Å². The molecule has 0 spiro atoms. The Bertz CT molecular complexity index is 1790. The summed E-state index contributed by atoms with van der Waals surface area (Å²) < 4.78 is 51.4. The maximum absolute atomic E-state index is 14.8. The molecule has 3 aliphatic heterocycles. The number of aliphatic hydroxyl groups excluding tert-OH is 1. The van der Waals surface area contributed by atoms with Crippen molar-refractivity contribution in [3.05, 3.63) is 0 Å². The summed E-state index contributed by atoms with van der Waals surface area (Å²) in [6, 6.07) is -0.274. The van der Waals surface area contributed by atoms with Gasteiger partial charge in [-0.05, 0) is 107 Å². The van der Waals surface area contributed by atoms with E-state index in [-0.39, 0.29) is 37.5 Å². The minimum absolute atomic E-state index is 0.0201. The van der Waals surface area contributed by atoms with Crippen LogP contribution in [0.2, 0.25) is 0 Å². The standard InChI is InChI=1S/C55H98N4O15/c1-15-42-55(11,65)47(61)34(4)44(58-67-28-22-25-39-23-18-16-19-24-39)32(2)30-53(9,64)48(74-51-46(41(59(12)13)29-33(3)68-51)73-52(63)57-56-40-26-20-17-21-27-40)35(5)45(36(6)50(62)71-42)72-43-31-54(10,66-14)49(37(7)69-43)70-38(8)60/h32-37,39-43,45-49,51,56,61,64-65H,15-31H2,1-14H3,(H,57,63)/b58-44+/t32-,33-,34+,35+,36-,37+,41+,42-,43+,45+,46-,47-,48-,49+,51+,53?,54-,55-/m1/s1. The zero-order valence-electron chi connectivity index (χ0n) is 47.5. The summed E-state index contributed by atoms with van der Waals surface area (Å²) in [4.78, 5) is 48.9. The lowest BCUT2D eigenvalue weighted by Crippen LogP contribution is -2.62. The third-order valence-corrected chi connectivity index (χ3v) is 17.1. The maximum Gasteiger partial charge on any atom is 0.422 e. The summed E-state index contributed by atoms with van der Waals surface area (Å²) in [7, 11) is 5.31. The molecule has 2 aliphatic carbocycles. The van der Waals surface area contributed by atoms with Gasteiger partial charge < -0.3 is 63.0 Å². The van der Waals surface area contributed by atoms with Crippen LogP contribution in [0.25, 0.3) is 0 Å². The summed E-state index contributed by atoms with van der Waals surface area (Å²) in [5, 5.41) is 42.5. The minimum Gasteiger partial charge on any atom is -0.459 e. The van der Waals surface area contributed by atoms with Gasteiger partial charge in [0, 0.05) is 44.2 Å². The lowest BCUT2D eigenvalue weighted by molar-refractivity contribution is -0.318. The van der Waals surface area contributed by atoms with Crippen molar-refractivity contribution >= 4 is 23.7 Å². The first-order valence-corrected chi connectivity index (χ1v) is 28.1. The molecule has 1 unspecified atom stereocenters. The molecular formula is C55H98N4O15. The number of rotatable bonds is 16. The lowest BCUT2D eigenvalue weighted by Gasteiger charge is -2.49. The fraction of sp³-hybridized carbons (Fsp3) is 0.927. The molecule has 5 aliphatic rings. The second kappa shape index (κ2) is 27.7. The summed E-state index contributed by atoms with van der Waals surface area (Å²) in [6.07, 6.45) is 2.85. The van der Waals surface area contributed by atoms with Gasteiger partial charge in [-0.15, -0.1) is 0 Å². The molecule has 19 heteroatoms. The topological polar surface area (TPSA) is 235 Å². The smallest absolute Gasteiger partial charge is 0.422 e. The zero-order valence-corrected chi connectivity index (χ0v) is 47.5. The van der Waals surface area contributed by atoms with Crippen LogP contribution in [-0.2, 0) is 52.3 Å². The fourth-order valence-corrected chi connectivity index (χ4v) is 12.7. The van der Waals surface area contributed by atoms with Gasteiger partial charge in [-0.3, -0.25) is 15.0 Å². The lowest BCUT2D eigenvalue weighted by atomic mass is 9.73. The molecule has 18 atom stereocenters. The van der Waals surface area contributed by atoms with Crippen LogP contribution in [0, 0.1) is 29.6 Å². The summed E-state index contributed by atoms with van der Waals surface area (Å²) in [5.41, 5.74) is 1.44. The third kappa shape index (κ3) is 16.2. The molecule has 1 amide bonds. The number of hydrogen-bond acceptors (Lipinski definition) is 18. The second-order valence-electron chi connectivity index (χ2n) is 23.6. The van der Waals surface area contributed by atoms with Crippen LogP contribution in [0.1, 0.15) is 179 Å². The first-order valence-electron chi connectivity index (χ1n) is 28.1. The van der Waals surface area contributed by atoms with Crippen molar-refractivity contribution in [2.45, 2.75) is 269 Å². The summed E-state index contributed by atoms with van der Waals surface area (Å²) in [5.74, 6) is -4.06. The molecule has 428 valence electrons. The van der Waals surface area contributed by atoms with E-state index < -0.39 is 114 Å². The molecular weight excluding hydrogens is 957 g/mol. The number of likely N-dealkylation sites (N-methyl/N-ethyl adjacent to an activating group) is 1. The highest BCUT2D eigenvalue weighted by molar-refractivity contribution is 5.88. The van der Waals surface area contributed by atoms with Crippen molar-refractivity contribution in [3.8, 4) is 0 Å². The highest BCUT2D eigenvalue weighted by Crippen LogP contribution is 2.42. The van der Waals surface area contributed by atoms with E-state index >= 15 is 0 Å². The first-order chi connectivity index (χ1) is 34.8. The van der Waals surface area contributed by atoms with Crippen LogP contribution in [0.3, 0.4) is 0 Å². The highest BCUT2D eigenvalue weighted by atomic mass is 16.7. The number of hydrazine groups is 1. The van der Waals surface area contributed by atoms with Crippen molar-refractivity contribution in [2.24, 2.45) is 34.7 Å². The quantitative estimate of drug-likeness (QED) is 0.0449. The Labute approximate surface area is 442 Å².